The number of cyclic esters (lactones) is 1. The molecule has 4 aliphatic rings. The Labute approximate surface area is 556 Å². The number of carbonyl (C=O) groups excluding carboxylic acids is 6. The number of sulfonamides is 1. The number of ether oxygens (including phenoxy) is 6. The molecule has 0 radical (unpaired) electrons. The second kappa shape index (κ2) is 36.6. The number of ketones is 2. The third kappa shape index (κ3) is 21.4. The largest absolute Gasteiger partial charge is 0.497 e. The first-order chi connectivity index (χ1) is 44.6. The summed E-state index contributed by atoms with van der Waals surface area (Å²) in [4.78, 5) is 86.4. The third-order valence-electron chi connectivity index (χ3n) is 19.0. The predicted octanol–water partition coefficient (Wildman–Crippen LogP) is 6.74. The van der Waals surface area contributed by atoms with Crippen molar-refractivity contribution in [3.8, 4) is 5.75 Å². The molecule has 22 nitrogen and oxygen atoms in total. The van der Waals surface area contributed by atoms with Gasteiger partial charge in [-0.2, -0.15) is 4.31 Å². The van der Waals surface area contributed by atoms with E-state index in [4.69, 9.17) is 28.4 Å². The summed E-state index contributed by atoms with van der Waals surface area (Å²) in [5.74, 6) is -9.13. The highest BCUT2D eigenvalue weighted by molar-refractivity contribution is 7.89. The van der Waals surface area contributed by atoms with E-state index < -0.39 is 118 Å². The molecule has 94 heavy (non-hydrogen) atoms. The zero-order chi connectivity index (χ0) is 69.0. The topological polar surface area (TPSA) is 303 Å². The van der Waals surface area contributed by atoms with Crippen molar-refractivity contribution in [2.24, 2.45) is 35.5 Å². The minimum Gasteiger partial charge on any atom is -0.497 e. The van der Waals surface area contributed by atoms with Crippen LogP contribution in [-0.4, -0.2) is 195 Å². The van der Waals surface area contributed by atoms with Gasteiger partial charge in [-0.25, -0.2) is 13.2 Å². The van der Waals surface area contributed by atoms with Crippen molar-refractivity contribution in [1.82, 2.24) is 19.8 Å². The lowest BCUT2D eigenvalue weighted by atomic mass is 9.81. The van der Waals surface area contributed by atoms with E-state index in [2.05, 4.69) is 10.6 Å². The first kappa shape index (κ1) is 77.3. The number of aliphatic hydroxyl groups excluding tert-OH is 3. The molecule has 3 aliphatic heterocycles. The van der Waals surface area contributed by atoms with Crippen LogP contribution in [0.25, 0.3) is 0 Å². The molecule has 6 N–H and O–H groups in total. The quantitative estimate of drug-likeness (QED) is 0.0360. The van der Waals surface area contributed by atoms with Crippen LogP contribution in [0.5, 0.6) is 5.75 Å². The number of allylic oxidation sites excluding steroid dienone is 5. The molecule has 2 aromatic rings. The van der Waals surface area contributed by atoms with Crippen molar-refractivity contribution in [2.75, 3.05) is 54.6 Å². The van der Waals surface area contributed by atoms with Crippen LogP contribution in [-0.2, 0) is 68.9 Å². The molecule has 524 valence electrons. The monoisotopic (exact) mass is 1330 g/mol. The number of fused-ring (bicyclic) bond motifs is 3. The number of carbonyl (C=O) groups is 6. The smallest absolute Gasteiger partial charge is 0.329 e. The Morgan fingerprint density at radius 2 is 1.51 bits per heavy atom. The number of amides is 3. The molecule has 3 amide bonds. The SMILES string of the molecule is COc1ccc(S(=O)(=O)N(CC(C)C)C[C@H](O)[C@@H](Cc2ccccc2)NC(=O)CCNC(=O)CC/C=C/C[C@@H]2/C=C(\C)C[C@H](C)C[C@H](OC)[C@H]3O[C@@](O)(C(=O)C(=O)N4CCCC[C@H]4C(=O)O[C@H](/C(C)=C/[C@@H]4CC[C@@H](O)[C@H](OC)C4)[C@H](C)[C@@H](O)CC2=O)[C@H](C)C[C@@H]3OC)cc1. The summed E-state index contributed by atoms with van der Waals surface area (Å²) in [7, 11) is 1.94. The van der Waals surface area contributed by atoms with E-state index in [0.717, 1.165) is 16.0 Å². The Morgan fingerprint density at radius 3 is 2.17 bits per heavy atom. The van der Waals surface area contributed by atoms with Gasteiger partial charge in [-0.1, -0.05) is 94.8 Å². The second-order valence-electron chi connectivity index (χ2n) is 26.9. The van der Waals surface area contributed by atoms with Gasteiger partial charge in [-0.05, 0) is 144 Å². The van der Waals surface area contributed by atoms with Gasteiger partial charge in [0.15, 0.2) is 0 Å². The number of piperidine rings is 1. The minimum atomic E-state index is -4.07. The second-order valence-corrected chi connectivity index (χ2v) is 28.9. The Balaban J connectivity index is 1.18. The third-order valence-corrected chi connectivity index (χ3v) is 20.8. The Kier molecular flexibility index (Phi) is 30.1. The van der Waals surface area contributed by atoms with E-state index in [1.165, 1.54) is 44.9 Å². The molecule has 6 rings (SSSR count). The summed E-state index contributed by atoms with van der Waals surface area (Å²) in [5.41, 5.74) is 2.24. The van der Waals surface area contributed by atoms with Gasteiger partial charge in [0.2, 0.25) is 27.6 Å². The molecule has 0 unspecified atom stereocenters. The lowest BCUT2D eigenvalue weighted by Crippen LogP contribution is -2.64. The number of hydrogen-bond donors (Lipinski definition) is 6. The van der Waals surface area contributed by atoms with Crippen molar-refractivity contribution in [3.05, 3.63) is 95.6 Å². The summed E-state index contributed by atoms with van der Waals surface area (Å²) >= 11 is 0. The zero-order valence-electron chi connectivity index (χ0n) is 57.0. The fourth-order valence-corrected chi connectivity index (χ4v) is 15.2. The molecule has 2 bridgehead atoms. The summed E-state index contributed by atoms with van der Waals surface area (Å²) in [5, 5.41) is 52.5. The van der Waals surface area contributed by atoms with Crippen LogP contribution in [0.1, 0.15) is 144 Å². The Bertz CT molecular complexity index is 3010. The van der Waals surface area contributed by atoms with E-state index >= 15 is 0 Å². The number of esters is 1. The number of nitrogens with zero attached hydrogens (tertiary/aromatic N) is 2. The molecule has 23 heteroatoms. The van der Waals surface area contributed by atoms with Crippen LogP contribution in [0.3, 0.4) is 0 Å². The molecule has 2 saturated heterocycles. The Hall–Kier alpha value is -5.73. The number of methoxy groups -OCH3 is 4. The molecule has 3 fully saturated rings. The number of Topliss-reactive ketones (excluding diaryl/α,β-unsaturated/α-hetero) is 2. The first-order valence-electron chi connectivity index (χ1n) is 33.5. The van der Waals surface area contributed by atoms with Gasteiger partial charge in [0.05, 0.1) is 54.7 Å². The Morgan fingerprint density at radius 1 is 0.830 bits per heavy atom. The maximum absolute atomic E-state index is 14.7. The highest BCUT2D eigenvalue weighted by Crippen LogP contribution is 2.40. The fraction of sp³-hybridized carbons (Fsp3) is 0.662. The predicted molar refractivity (Wildman–Crippen MR) is 353 cm³/mol. The fourth-order valence-electron chi connectivity index (χ4n) is 13.6. The lowest BCUT2D eigenvalue weighted by Gasteiger charge is -2.47. The van der Waals surface area contributed by atoms with Crippen molar-refractivity contribution in [3.63, 3.8) is 0 Å². The summed E-state index contributed by atoms with van der Waals surface area (Å²) in [6.07, 6.45) is 4.24. The lowest BCUT2D eigenvalue weighted by molar-refractivity contribution is -0.302. The minimum absolute atomic E-state index is 0.0202. The average Bonchev–Trinajstić information content (AvgIpc) is 0.807. The van der Waals surface area contributed by atoms with Gasteiger partial charge in [0.25, 0.3) is 11.7 Å². The van der Waals surface area contributed by atoms with Gasteiger partial charge in [-0.3, -0.25) is 24.0 Å². The van der Waals surface area contributed by atoms with E-state index in [-0.39, 0.29) is 112 Å². The van der Waals surface area contributed by atoms with Gasteiger partial charge in [0.1, 0.15) is 29.8 Å². The van der Waals surface area contributed by atoms with E-state index in [9.17, 15) is 57.6 Å². The molecule has 1 aliphatic carbocycles. The van der Waals surface area contributed by atoms with Crippen molar-refractivity contribution < 1.29 is 86.0 Å². The van der Waals surface area contributed by atoms with Gasteiger partial charge in [-0.15, -0.1) is 0 Å². The van der Waals surface area contributed by atoms with Gasteiger partial charge >= 0.3 is 5.97 Å². The highest BCUT2D eigenvalue weighted by Gasteiger charge is 2.57. The molecule has 3 heterocycles. The maximum Gasteiger partial charge on any atom is 0.329 e. The number of aliphatic hydroxyl groups is 4. The van der Waals surface area contributed by atoms with Crippen LogP contribution in [0, 0.1) is 35.5 Å². The molecule has 2 aromatic carbocycles. The van der Waals surface area contributed by atoms with Crippen LogP contribution in [0.4, 0.5) is 0 Å². The molecule has 1 saturated carbocycles. The normalized spacial score (nSPS) is 30.4. The number of nitrogens with one attached hydrogen (secondary N) is 2. The van der Waals surface area contributed by atoms with E-state index in [0.29, 0.717) is 56.3 Å². The summed E-state index contributed by atoms with van der Waals surface area (Å²) in [6.45, 7) is 12.5. The van der Waals surface area contributed by atoms with Crippen molar-refractivity contribution in [2.45, 2.75) is 216 Å². The van der Waals surface area contributed by atoms with Crippen molar-refractivity contribution >= 4 is 45.3 Å². The molecular weight excluding hydrogens is 1230 g/mol. The van der Waals surface area contributed by atoms with Crippen LogP contribution >= 0.6 is 0 Å². The number of benzene rings is 2. The van der Waals surface area contributed by atoms with Crippen LogP contribution < -0.4 is 15.4 Å². The number of rotatable bonds is 24. The zero-order valence-corrected chi connectivity index (χ0v) is 57.8. The summed E-state index contributed by atoms with van der Waals surface area (Å²) in [6, 6.07) is 13.1. The highest BCUT2D eigenvalue weighted by atomic mass is 32.2. The van der Waals surface area contributed by atoms with Gasteiger partial charge in [0, 0.05) is 84.5 Å². The van der Waals surface area contributed by atoms with Crippen LogP contribution in [0.2, 0.25) is 0 Å². The summed E-state index contributed by atoms with van der Waals surface area (Å²) < 4.78 is 64.6. The molecular formula is C71H106N4O18S. The standard InChI is InChI=1S/C71H106N4O18S/c1-44(2)42-74(94(86,87)54-28-26-53(88-8)27-29-54)43-60(79)55(39-50-20-14-12-15-21-50)73-65(81)31-32-72-64(80)24-17-13-16-22-52-35-45(3)34-46(4)36-62(90-10)67-63(91-11)38-48(6)71(85,93-67)68(82)69(83)75-33-19-18-23-56(75)70(84)92-66(49(7)58(77)41-59(52)78)47(5)37-51-25-30-57(76)61(40-51)89-9/h12-16,20-21,26-29,35,37,44,46,48-49,51-52,55-58,60-63,66-67,76-77,79,85H,17-19,22-25,30-34,36,38-43H2,1-11H3,(H,72,80)(H,73,81)/b16-13+,45-35+,47-37+/t46-,48+,49+,51-,52+,55+,56-,57+,58-,60-,61+,62-,63-,66+,67+,71+/m0/s1. The molecule has 16 atom stereocenters. The molecule has 0 spiro atoms. The average molecular weight is 1340 g/mol. The van der Waals surface area contributed by atoms with Gasteiger partial charge < -0.3 is 64.4 Å². The molecule has 0 aromatic heterocycles. The van der Waals surface area contributed by atoms with E-state index in [1.54, 1.807) is 39.0 Å². The van der Waals surface area contributed by atoms with E-state index in [1.807, 2.05) is 76.3 Å². The van der Waals surface area contributed by atoms with Crippen LogP contribution in [0.15, 0.2) is 94.9 Å². The number of hydrogen-bond acceptors (Lipinski definition) is 18. The van der Waals surface area contributed by atoms with Crippen molar-refractivity contribution in [1.29, 1.82) is 0 Å². The first-order valence-corrected chi connectivity index (χ1v) is 34.9. The maximum atomic E-state index is 14.7.